The predicted molar refractivity (Wildman–Crippen MR) is 107 cm³/mol. The van der Waals surface area contributed by atoms with Gasteiger partial charge >= 0.3 is 0 Å². The number of amides is 1. The number of hydrogen-bond acceptors (Lipinski definition) is 4. The van der Waals surface area contributed by atoms with E-state index in [0.29, 0.717) is 5.91 Å². The zero-order valence-electron chi connectivity index (χ0n) is 16.0. The third-order valence-corrected chi connectivity index (χ3v) is 6.26. The standard InChI is InChI=1S/C20H33N3OS/c1-4-5-6-7-8-9-12-18-19(24)23(15-14-22(2)3)20(25-18)17-11-10-13-21-16-17/h10-11,13,16,18,20H,4-9,12,14-15H2,1-3H3/t18-,20+/m1/s1. The number of nitrogens with zero attached hydrogens (tertiary/aromatic N) is 3. The third kappa shape index (κ3) is 6.30. The fourth-order valence-electron chi connectivity index (χ4n) is 3.21. The van der Waals surface area contributed by atoms with Gasteiger partial charge in [-0.2, -0.15) is 0 Å². The van der Waals surface area contributed by atoms with Crippen LogP contribution in [-0.4, -0.2) is 53.1 Å². The van der Waals surface area contributed by atoms with E-state index in [1.807, 2.05) is 24.0 Å². The van der Waals surface area contributed by atoms with Crippen LogP contribution in [0.5, 0.6) is 0 Å². The van der Waals surface area contributed by atoms with Gasteiger partial charge in [0.2, 0.25) is 5.91 Å². The van der Waals surface area contributed by atoms with E-state index < -0.39 is 0 Å². The Balaban J connectivity index is 1.92. The molecule has 140 valence electrons. The smallest absolute Gasteiger partial charge is 0.236 e. The molecule has 4 nitrogen and oxygen atoms in total. The van der Waals surface area contributed by atoms with E-state index in [-0.39, 0.29) is 10.6 Å². The summed E-state index contributed by atoms with van der Waals surface area (Å²) in [4.78, 5) is 21.4. The van der Waals surface area contributed by atoms with E-state index in [1.54, 1.807) is 6.20 Å². The number of likely N-dealkylation sites (N-methyl/N-ethyl adjacent to an activating group) is 1. The maximum Gasteiger partial charge on any atom is 0.236 e. The number of rotatable bonds is 11. The lowest BCUT2D eigenvalue weighted by Crippen LogP contribution is -2.36. The van der Waals surface area contributed by atoms with Gasteiger partial charge in [0.05, 0.1) is 5.25 Å². The van der Waals surface area contributed by atoms with E-state index in [1.165, 1.54) is 32.1 Å². The molecule has 1 fully saturated rings. The lowest BCUT2D eigenvalue weighted by atomic mass is 10.1. The fourth-order valence-corrected chi connectivity index (χ4v) is 4.72. The molecule has 1 amide bonds. The molecule has 1 saturated heterocycles. The van der Waals surface area contributed by atoms with Gasteiger partial charge in [0.1, 0.15) is 5.37 Å². The molecular formula is C20H33N3OS. The third-order valence-electron chi connectivity index (χ3n) is 4.71. The van der Waals surface area contributed by atoms with Crippen LogP contribution < -0.4 is 0 Å². The molecule has 0 saturated carbocycles. The molecule has 1 aliphatic heterocycles. The van der Waals surface area contributed by atoms with Crippen molar-refractivity contribution in [3.8, 4) is 0 Å². The summed E-state index contributed by atoms with van der Waals surface area (Å²) in [5.41, 5.74) is 1.14. The first kappa shape index (κ1) is 20.2. The second kappa shape index (κ2) is 10.8. The van der Waals surface area contributed by atoms with E-state index in [2.05, 4.69) is 41.9 Å². The van der Waals surface area contributed by atoms with Crippen molar-refractivity contribution in [3.05, 3.63) is 30.1 Å². The van der Waals surface area contributed by atoms with Crippen LogP contribution in [0.1, 0.15) is 62.8 Å². The van der Waals surface area contributed by atoms with Crippen LogP contribution >= 0.6 is 11.8 Å². The monoisotopic (exact) mass is 363 g/mol. The van der Waals surface area contributed by atoms with Crippen molar-refractivity contribution in [3.63, 3.8) is 0 Å². The molecular weight excluding hydrogens is 330 g/mol. The van der Waals surface area contributed by atoms with Gasteiger partial charge in [-0.25, -0.2) is 0 Å². The number of hydrogen-bond donors (Lipinski definition) is 0. The molecule has 0 unspecified atom stereocenters. The molecule has 0 N–H and O–H groups in total. The van der Waals surface area contributed by atoms with Crippen molar-refractivity contribution in [1.82, 2.24) is 14.8 Å². The van der Waals surface area contributed by atoms with Gasteiger partial charge in [-0.15, -0.1) is 11.8 Å². The van der Waals surface area contributed by atoms with Crippen molar-refractivity contribution in [2.45, 2.75) is 62.5 Å². The predicted octanol–water partition coefficient (Wildman–Crippen LogP) is 4.34. The maximum absolute atomic E-state index is 12.9. The molecule has 0 spiro atoms. The lowest BCUT2D eigenvalue weighted by molar-refractivity contribution is -0.130. The summed E-state index contributed by atoms with van der Waals surface area (Å²) in [6.45, 7) is 3.92. The molecule has 0 aromatic carbocycles. The van der Waals surface area contributed by atoms with Gasteiger partial charge in [-0.3, -0.25) is 9.78 Å². The molecule has 2 heterocycles. The van der Waals surface area contributed by atoms with Crippen LogP contribution in [0.4, 0.5) is 0 Å². The zero-order valence-corrected chi connectivity index (χ0v) is 16.8. The first-order valence-electron chi connectivity index (χ1n) is 9.64. The summed E-state index contributed by atoms with van der Waals surface area (Å²) >= 11 is 1.82. The number of unbranched alkanes of at least 4 members (excludes halogenated alkanes) is 5. The van der Waals surface area contributed by atoms with E-state index in [4.69, 9.17) is 0 Å². The first-order valence-corrected chi connectivity index (χ1v) is 10.6. The highest BCUT2D eigenvalue weighted by Gasteiger charge is 2.40. The summed E-state index contributed by atoms with van der Waals surface area (Å²) in [6.07, 6.45) is 12.4. The lowest BCUT2D eigenvalue weighted by Gasteiger charge is -2.25. The fraction of sp³-hybridized carbons (Fsp3) is 0.700. The molecule has 0 bridgehead atoms. The van der Waals surface area contributed by atoms with Gasteiger partial charge in [-0.05, 0) is 26.6 Å². The molecule has 25 heavy (non-hydrogen) atoms. The Morgan fingerprint density at radius 2 is 1.96 bits per heavy atom. The largest absolute Gasteiger partial charge is 0.324 e. The molecule has 5 heteroatoms. The summed E-state index contributed by atoms with van der Waals surface area (Å²) in [5.74, 6) is 0.314. The SMILES string of the molecule is CCCCCCCC[C@H]1S[C@@H](c2cccnc2)N(CCN(C)C)C1=O. The Morgan fingerprint density at radius 3 is 2.64 bits per heavy atom. The zero-order chi connectivity index (χ0) is 18.1. The van der Waals surface area contributed by atoms with Crippen LogP contribution in [0.2, 0.25) is 0 Å². The number of carbonyl (C=O) groups is 1. The summed E-state index contributed by atoms with van der Waals surface area (Å²) in [6, 6.07) is 4.05. The van der Waals surface area contributed by atoms with Crippen LogP contribution in [0.15, 0.2) is 24.5 Å². The average Bonchev–Trinajstić information content (AvgIpc) is 2.93. The normalized spacial score (nSPS) is 20.6. The number of pyridine rings is 1. The van der Waals surface area contributed by atoms with Crippen LogP contribution in [0.3, 0.4) is 0 Å². The quantitative estimate of drug-likeness (QED) is 0.548. The van der Waals surface area contributed by atoms with Gasteiger partial charge in [0, 0.05) is 31.0 Å². The Kier molecular flexibility index (Phi) is 8.76. The Labute approximate surface area is 157 Å². The highest BCUT2D eigenvalue weighted by Crippen LogP contribution is 2.44. The number of thioether (sulfide) groups is 1. The van der Waals surface area contributed by atoms with Gasteiger partial charge < -0.3 is 9.80 Å². The van der Waals surface area contributed by atoms with Crippen molar-refractivity contribution in [2.75, 3.05) is 27.2 Å². The van der Waals surface area contributed by atoms with Gasteiger partial charge in [0.15, 0.2) is 0 Å². The van der Waals surface area contributed by atoms with Crippen LogP contribution in [0, 0.1) is 0 Å². The molecule has 2 rings (SSSR count). The minimum atomic E-state index is 0.110. The van der Waals surface area contributed by atoms with E-state index >= 15 is 0 Å². The Morgan fingerprint density at radius 1 is 1.20 bits per heavy atom. The van der Waals surface area contributed by atoms with Crippen molar-refractivity contribution < 1.29 is 4.79 Å². The average molecular weight is 364 g/mol. The van der Waals surface area contributed by atoms with Gasteiger partial charge in [0.25, 0.3) is 0 Å². The van der Waals surface area contributed by atoms with Crippen molar-refractivity contribution in [2.24, 2.45) is 0 Å². The van der Waals surface area contributed by atoms with E-state index in [9.17, 15) is 4.79 Å². The summed E-state index contributed by atoms with van der Waals surface area (Å²) in [7, 11) is 4.11. The second-order valence-electron chi connectivity index (χ2n) is 7.15. The van der Waals surface area contributed by atoms with Crippen LogP contribution in [0.25, 0.3) is 0 Å². The Bertz CT molecular complexity index is 509. The van der Waals surface area contributed by atoms with Crippen molar-refractivity contribution >= 4 is 17.7 Å². The molecule has 1 aliphatic rings. The van der Waals surface area contributed by atoms with Crippen LogP contribution in [-0.2, 0) is 4.79 Å². The summed E-state index contributed by atoms with van der Waals surface area (Å²) < 4.78 is 0. The van der Waals surface area contributed by atoms with E-state index in [0.717, 1.165) is 31.5 Å². The Hall–Kier alpha value is -1.07. The second-order valence-corrected chi connectivity index (χ2v) is 8.44. The molecule has 2 atom stereocenters. The number of aromatic nitrogens is 1. The maximum atomic E-state index is 12.9. The first-order chi connectivity index (χ1) is 12.1. The minimum absolute atomic E-state index is 0.110. The minimum Gasteiger partial charge on any atom is -0.324 e. The highest BCUT2D eigenvalue weighted by atomic mass is 32.2. The topological polar surface area (TPSA) is 36.4 Å². The molecule has 0 aliphatic carbocycles. The molecule has 1 aromatic rings. The number of carbonyl (C=O) groups excluding carboxylic acids is 1. The van der Waals surface area contributed by atoms with Crippen molar-refractivity contribution in [1.29, 1.82) is 0 Å². The summed E-state index contributed by atoms with van der Waals surface area (Å²) in [5, 5.41) is 0.227. The van der Waals surface area contributed by atoms with Gasteiger partial charge in [-0.1, -0.05) is 51.5 Å². The molecule has 1 aromatic heterocycles. The highest BCUT2D eigenvalue weighted by molar-refractivity contribution is 8.01. The molecule has 0 radical (unpaired) electrons.